The minimum absolute atomic E-state index is 0.0369. The quantitative estimate of drug-likeness (QED) is 0.563. The third-order valence-corrected chi connectivity index (χ3v) is 3.07. The fourth-order valence-corrected chi connectivity index (χ4v) is 2.00. The number of piperazine rings is 1. The molecule has 0 bridgehead atoms. The van der Waals surface area contributed by atoms with Crippen molar-refractivity contribution in [2.24, 2.45) is 0 Å². The summed E-state index contributed by atoms with van der Waals surface area (Å²) in [6.07, 6.45) is 0. The number of nitrogens with two attached hydrogens (primary N) is 1. The summed E-state index contributed by atoms with van der Waals surface area (Å²) in [5.74, 6) is -0.733. The van der Waals surface area contributed by atoms with Gasteiger partial charge in [-0.3, -0.25) is 14.9 Å². The van der Waals surface area contributed by atoms with Gasteiger partial charge in [-0.1, -0.05) is 0 Å². The minimum atomic E-state index is -0.511. The Bertz CT molecular complexity index is 679. The van der Waals surface area contributed by atoms with Gasteiger partial charge in [0.05, 0.1) is 0 Å². The molecule has 1 fully saturated rings. The van der Waals surface area contributed by atoms with Gasteiger partial charge in [0.25, 0.3) is 6.01 Å². The van der Waals surface area contributed by atoms with Gasteiger partial charge in [0.2, 0.25) is 11.8 Å². The van der Waals surface area contributed by atoms with Crippen molar-refractivity contribution in [3.63, 3.8) is 0 Å². The zero-order chi connectivity index (χ0) is 13.6. The average molecular weight is 260 g/mol. The number of fused-ring (bicyclic) bond motifs is 1. The number of carbonyl (C=O) groups excluding carboxylic acids is 2. The fraction of sp³-hybridized carbons (Fsp3) is 0.250. The molecule has 2 aromatic rings. The highest BCUT2D eigenvalue weighted by atomic mass is 16.4. The van der Waals surface area contributed by atoms with Crippen LogP contribution >= 0.6 is 0 Å². The summed E-state index contributed by atoms with van der Waals surface area (Å²) in [6.45, 7) is 1.72. The van der Waals surface area contributed by atoms with Crippen LogP contribution in [0.2, 0.25) is 0 Å². The highest BCUT2D eigenvalue weighted by molar-refractivity contribution is 6.04. The van der Waals surface area contributed by atoms with Crippen molar-refractivity contribution >= 4 is 34.6 Å². The number of nitrogens with zero attached hydrogens (tertiary/aromatic N) is 2. The van der Waals surface area contributed by atoms with Gasteiger partial charge in [-0.15, -0.1) is 0 Å². The second kappa shape index (κ2) is 3.98. The molecule has 1 saturated heterocycles. The zero-order valence-corrected chi connectivity index (χ0v) is 10.2. The van der Waals surface area contributed by atoms with Crippen molar-refractivity contribution in [3.8, 4) is 0 Å². The van der Waals surface area contributed by atoms with E-state index < -0.39 is 6.04 Å². The minimum Gasteiger partial charge on any atom is -0.423 e. The molecule has 3 rings (SSSR count). The Balaban J connectivity index is 2.03. The predicted octanol–water partition coefficient (Wildman–Crippen LogP) is 0.261. The maximum Gasteiger partial charge on any atom is 0.299 e. The Morgan fingerprint density at radius 2 is 2.26 bits per heavy atom. The SMILES string of the molecule is CC1C(=O)NC(=O)CN1c1nc2ccc(N)cc2o1. The number of imide groups is 1. The molecular formula is C12H12N4O3. The van der Waals surface area contributed by atoms with E-state index in [1.54, 1.807) is 25.1 Å². The van der Waals surface area contributed by atoms with Crippen molar-refractivity contribution in [1.29, 1.82) is 0 Å². The molecule has 2 amide bonds. The molecule has 1 aliphatic heterocycles. The first-order valence-electron chi connectivity index (χ1n) is 5.81. The van der Waals surface area contributed by atoms with Crippen molar-refractivity contribution in [2.45, 2.75) is 13.0 Å². The number of amides is 2. The van der Waals surface area contributed by atoms with Crippen molar-refractivity contribution in [3.05, 3.63) is 18.2 Å². The van der Waals surface area contributed by atoms with E-state index in [1.165, 1.54) is 4.90 Å². The Morgan fingerprint density at radius 1 is 1.47 bits per heavy atom. The number of nitrogens with one attached hydrogen (secondary N) is 1. The van der Waals surface area contributed by atoms with E-state index in [4.69, 9.17) is 10.2 Å². The molecule has 7 heteroatoms. The summed E-state index contributed by atoms with van der Waals surface area (Å²) in [4.78, 5) is 28.8. The van der Waals surface area contributed by atoms with Crippen LogP contribution in [0.5, 0.6) is 0 Å². The molecule has 0 saturated carbocycles. The first-order valence-corrected chi connectivity index (χ1v) is 5.81. The number of benzene rings is 1. The van der Waals surface area contributed by atoms with E-state index in [2.05, 4.69) is 10.3 Å². The summed E-state index contributed by atoms with van der Waals surface area (Å²) in [7, 11) is 0. The lowest BCUT2D eigenvalue weighted by molar-refractivity contribution is -0.132. The Labute approximate surface area is 108 Å². The van der Waals surface area contributed by atoms with E-state index in [-0.39, 0.29) is 24.4 Å². The second-order valence-corrected chi connectivity index (χ2v) is 4.44. The lowest BCUT2D eigenvalue weighted by atomic mass is 10.2. The van der Waals surface area contributed by atoms with Crippen LogP contribution in [-0.4, -0.2) is 29.4 Å². The molecule has 2 heterocycles. The number of hydrogen-bond acceptors (Lipinski definition) is 6. The third kappa shape index (κ3) is 1.88. The van der Waals surface area contributed by atoms with Crippen molar-refractivity contribution in [1.82, 2.24) is 10.3 Å². The monoisotopic (exact) mass is 260 g/mol. The standard InChI is InChI=1S/C12H12N4O3/c1-6-11(18)15-10(17)5-16(6)12-14-8-3-2-7(13)4-9(8)19-12/h2-4,6H,5,13H2,1H3,(H,15,17,18). The number of rotatable bonds is 1. The molecule has 0 aliphatic carbocycles. The Morgan fingerprint density at radius 3 is 3.05 bits per heavy atom. The van der Waals surface area contributed by atoms with Gasteiger partial charge in [-0.05, 0) is 19.1 Å². The molecule has 1 atom stereocenters. The molecule has 98 valence electrons. The fourth-order valence-electron chi connectivity index (χ4n) is 2.00. The largest absolute Gasteiger partial charge is 0.423 e. The first kappa shape index (κ1) is 11.5. The summed E-state index contributed by atoms with van der Waals surface area (Å²) in [5.41, 5.74) is 7.39. The summed E-state index contributed by atoms with van der Waals surface area (Å²) in [6, 6.07) is 4.84. The summed E-state index contributed by atoms with van der Waals surface area (Å²) >= 11 is 0. The zero-order valence-electron chi connectivity index (χ0n) is 10.2. The molecule has 3 N–H and O–H groups in total. The van der Waals surface area contributed by atoms with Crippen LogP contribution in [0.1, 0.15) is 6.92 Å². The van der Waals surface area contributed by atoms with E-state index in [1.807, 2.05) is 0 Å². The summed E-state index contributed by atoms with van der Waals surface area (Å²) < 4.78 is 5.56. The normalized spacial score (nSPS) is 19.8. The van der Waals surface area contributed by atoms with Gasteiger partial charge in [0, 0.05) is 11.8 Å². The van der Waals surface area contributed by atoms with Gasteiger partial charge in [-0.25, -0.2) is 0 Å². The highest BCUT2D eigenvalue weighted by Crippen LogP contribution is 2.25. The van der Waals surface area contributed by atoms with Crippen molar-refractivity contribution in [2.75, 3.05) is 17.2 Å². The molecule has 1 aromatic carbocycles. The Kier molecular flexibility index (Phi) is 2.41. The van der Waals surface area contributed by atoms with Gasteiger partial charge in [0.15, 0.2) is 5.58 Å². The average Bonchev–Trinajstić information content (AvgIpc) is 2.76. The molecule has 0 spiro atoms. The van der Waals surface area contributed by atoms with Gasteiger partial charge >= 0.3 is 0 Å². The summed E-state index contributed by atoms with van der Waals surface area (Å²) in [5, 5.41) is 2.26. The van der Waals surface area contributed by atoms with Gasteiger partial charge in [-0.2, -0.15) is 4.98 Å². The topological polar surface area (TPSA) is 101 Å². The van der Waals surface area contributed by atoms with Crippen LogP contribution in [-0.2, 0) is 9.59 Å². The Hall–Kier alpha value is -2.57. The van der Waals surface area contributed by atoms with E-state index in [0.29, 0.717) is 16.8 Å². The lowest BCUT2D eigenvalue weighted by Gasteiger charge is -2.29. The number of carbonyl (C=O) groups is 2. The third-order valence-electron chi connectivity index (χ3n) is 3.07. The number of anilines is 2. The van der Waals surface area contributed by atoms with Crippen LogP contribution in [0.25, 0.3) is 11.1 Å². The number of aromatic nitrogens is 1. The van der Waals surface area contributed by atoms with Gasteiger partial charge in [0.1, 0.15) is 18.1 Å². The second-order valence-electron chi connectivity index (χ2n) is 4.44. The van der Waals surface area contributed by atoms with Crippen LogP contribution in [0.15, 0.2) is 22.6 Å². The molecular weight excluding hydrogens is 248 g/mol. The predicted molar refractivity (Wildman–Crippen MR) is 68.4 cm³/mol. The van der Waals surface area contributed by atoms with Crippen LogP contribution < -0.4 is 16.0 Å². The first-order chi connectivity index (χ1) is 9.04. The molecule has 1 unspecified atom stereocenters. The highest BCUT2D eigenvalue weighted by Gasteiger charge is 2.33. The van der Waals surface area contributed by atoms with E-state index in [9.17, 15) is 9.59 Å². The van der Waals surface area contributed by atoms with E-state index in [0.717, 1.165) is 0 Å². The number of oxazole rings is 1. The molecule has 7 nitrogen and oxygen atoms in total. The van der Waals surface area contributed by atoms with Crippen LogP contribution in [0.4, 0.5) is 11.7 Å². The molecule has 0 radical (unpaired) electrons. The number of nitrogen functional groups attached to an aromatic ring is 1. The van der Waals surface area contributed by atoms with Crippen LogP contribution in [0.3, 0.4) is 0 Å². The molecule has 19 heavy (non-hydrogen) atoms. The molecule has 1 aromatic heterocycles. The van der Waals surface area contributed by atoms with Crippen molar-refractivity contribution < 1.29 is 14.0 Å². The lowest BCUT2D eigenvalue weighted by Crippen LogP contribution is -2.57. The maximum atomic E-state index is 11.6. The van der Waals surface area contributed by atoms with Crippen LogP contribution in [0, 0.1) is 0 Å². The smallest absolute Gasteiger partial charge is 0.299 e. The molecule has 1 aliphatic rings. The maximum absolute atomic E-state index is 11.6. The van der Waals surface area contributed by atoms with Gasteiger partial charge < -0.3 is 15.1 Å². The number of hydrogen-bond donors (Lipinski definition) is 2. The van der Waals surface area contributed by atoms with E-state index >= 15 is 0 Å².